The number of nitrogens with two attached hydrogens (primary N) is 1. The van der Waals surface area contributed by atoms with Crippen molar-refractivity contribution < 1.29 is 39.5 Å². The first kappa shape index (κ1) is 28.1. The van der Waals surface area contributed by atoms with Crippen LogP contribution < -0.4 is 5.73 Å². The molecular formula is C28H19N5O8S. The quantitative estimate of drug-likeness (QED) is 0.0370. The van der Waals surface area contributed by atoms with Crippen molar-refractivity contribution in [2.75, 3.05) is 5.73 Å². The average Bonchev–Trinajstić information content (AvgIpc) is 2.99. The summed E-state index contributed by atoms with van der Waals surface area (Å²) in [6, 6.07) is 20.4. The van der Waals surface area contributed by atoms with Gasteiger partial charge in [0.05, 0.1) is 45.1 Å². The van der Waals surface area contributed by atoms with Gasteiger partial charge in [-0.15, -0.1) is 19.7 Å². The van der Waals surface area contributed by atoms with Crippen molar-refractivity contribution in [3.63, 3.8) is 0 Å². The van der Waals surface area contributed by atoms with Crippen LogP contribution in [0.15, 0.2) is 104 Å². The maximum absolute atomic E-state index is 11.4. The maximum Gasteiger partial charge on any atom is 0.335 e. The van der Waals surface area contributed by atoms with Gasteiger partial charge in [-0.3, -0.25) is 0 Å². The van der Waals surface area contributed by atoms with Crippen LogP contribution in [0.2, 0.25) is 0 Å². The van der Waals surface area contributed by atoms with E-state index in [1.165, 1.54) is 12.1 Å². The summed E-state index contributed by atoms with van der Waals surface area (Å²) in [5.74, 6) is -2.81. The van der Waals surface area contributed by atoms with E-state index in [1.54, 1.807) is 60.7 Å². The zero-order chi connectivity index (χ0) is 29.8. The third-order valence-electron chi connectivity index (χ3n) is 6.05. The second-order valence-corrected chi connectivity index (χ2v) is 9.45. The van der Waals surface area contributed by atoms with Gasteiger partial charge >= 0.3 is 11.9 Å². The molecule has 13 nitrogen and oxygen atoms in total. The number of nitrogen functional groups attached to an aromatic ring is 1. The molecule has 42 heavy (non-hydrogen) atoms. The van der Waals surface area contributed by atoms with E-state index in [0.717, 1.165) is 6.07 Å². The molecule has 6 N–H and O–H groups in total. The monoisotopic (exact) mass is 585 g/mol. The lowest BCUT2D eigenvalue weighted by atomic mass is 10.1. The third-order valence-corrected chi connectivity index (χ3v) is 6.67. The summed E-state index contributed by atoms with van der Waals surface area (Å²) in [4.78, 5) is 23.1. The summed E-state index contributed by atoms with van der Waals surface area (Å²) in [6.07, 6.45) is 0. The summed E-state index contributed by atoms with van der Waals surface area (Å²) in [7, 11) is 0. The van der Waals surface area contributed by atoms with E-state index in [-0.39, 0.29) is 28.3 Å². The van der Waals surface area contributed by atoms with Crippen LogP contribution in [0.4, 0.5) is 28.4 Å². The first-order valence-electron chi connectivity index (χ1n) is 11.9. The molecule has 5 aromatic carbocycles. The number of nitrogens with zero attached hydrogens (tertiary/aromatic N) is 4. The molecule has 0 saturated heterocycles. The standard InChI is InChI=1S/C28H19N5O8S/c29-17-6-5-14-12-24(42-41-40-39)25(26(34)21(14)13-17)33-32-23-8-7-22(19-3-1-2-4-20(19)23)31-30-18-10-15(27(35)36)9-16(11-18)28(37)38/h1-13,34,39H,29H2,(H,35,36)(H,37,38). The number of benzene rings is 5. The predicted octanol–water partition coefficient (Wildman–Crippen LogP) is 7.94. The number of carboxylic acid groups (broad SMARTS) is 2. The Morgan fingerprint density at radius 1 is 0.738 bits per heavy atom. The number of phenolic OH excluding ortho intramolecular Hbond substituents is 1. The summed E-state index contributed by atoms with van der Waals surface area (Å²) in [5.41, 5.74) is 6.74. The zero-order valence-corrected chi connectivity index (χ0v) is 22.0. The van der Waals surface area contributed by atoms with Crippen molar-refractivity contribution in [2.24, 2.45) is 20.5 Å². The molecule has 0 aliphatic heterocycles. The lowest BCUT2D eigenvalue weighted by Gasteiger charge is -2.10. The van der Waals surface area contributed by atoms with E-state index in [0.29, 0.717) is 55.5 Å². The summed E-state index contributed by atoms with van der Waals surface area (Å²) in [5, 5.41) is 61.2. The van der Waals surface area contributed by atoms with E-state index >= 15 is 0 Å². The number of fused-ring (bicyclic) bond motifs is 2. The SMILES string of the molecule is Nc1ccc2cc(SOOO)c(N=Nc3ccc(N=Nc4cc(C(=O)O)cc(C(=O)O)c4)c4ccccc34)c(O)c2c1. The Kier molecular flexibility index (Phi) is 8.03. The van der Waals surface area contributed by atoms with Crippen LogP contribution in [0.3, 0.4) is 0 Å². The van der Waals surface area contributed by atoms with Crippen LogP contribution in [0, 0.1) is 0 Å². The molecule has 0 fully saturated rings. The van der Waals surface area contributed by atoms with Gasteiger partial charge in [-0.05, 0) is 53.9 Å². The molecule has 5 rings (SSSR count). The summed E-state index contributed by atoms with van der Waals surface area (Å²) in [6.45, 7) is 0. The van der Waals surface area contributed by atoms with Gasteiger partial charge in [-0.1, -0.05) is 35.4 Å². The van der Waals surface area contributed by atoms with E-state index < -0.39 is 11.9 Å². The van der Waals surface area contributed by atoms with Crippen LogP contribution in [-0.2, 0) is 9.37 Å². The van der Waals surface area contributed by atoms with Crippen LogP contribution in [0.1, 0.15) is 20.7 Å². The highest BCUT2D eigenvalue weighted by Crippen LogP contribution is 2.45. The van der Waals surface area contributed by atoms with Crippen molar-refractivity contribution >= 4 is 74.0 Å². The Morgan fingerprint density at radius 3 is 1.95 bits per heavy atom. The number of azo groups is 2. The highest BCUT2D eigenvalue weighted by Gasteiger charge is 2.16. The van der Waals surface area contributed by atoms with E-state index in [2.05, 4.69) is 29.8 Å². The summed E-state index contributed by atoms with van der Waals surface area (Å²) >= 11 is 0.613. The fourth-order valence-electron chi connectivity index (χ4n) is 4.14. The number of anilines is 1. The van der Waals surface area contributed by atoms with Crippen molar-refractivity contribution in [3.05, 3.63) is 90.0 Å². The van der Waals surface area contributed by atoms with Crippen molar-refractivity contribution in [3.8, 4) is 5.75 Å². The molecule has 0 aliphatic carbocycles. The minimum absolute atomic E-state index is 0.0375. The molecular weight excluding hydrogens is 566 g/mol. The molecule has 210 valence electrons. The molecule has 0 unspecified atom stereocenters. The Bertz CT molecular complexity index is 1900. The second-order valence-electron chi connectivity index (χ2n) is 8.71. The topological polar surface area (TPSA) is 209 Å². The molecule has 0 spiro atoms. The highest BCUT2D eigenvalue weighted by atomic mass is 32.2. The van der Waals surface area contributed by atoms with Gasteiger partial charge in [0.2, 0.25) is 0 Å². The largest absolute Gasteiger partial charge is 0.505 e. The van der Waals surface area contributed by atoms with Crippen LogP contribution in [0.5, 0.6) is 5.75 Å². The van der Waals surface area contributed by atoms with Gasteiger partial charge < -0.3 is 21.1 Å². The first-order chi connectivity index (χ1) is 20.2. The minimum atomic E-state index is -1.30. The normalized spacial score (nSPS) is 11.6. The molecule has 0 radical (unpaired) electrons. The highest BCUT2D eigenvalue weighted by molar-refractivity contribution is 7.94. The molecule has 0 heterocycles. The minimum Gasteiger partial charge on any atom is -0.505 e. The Labute approximate surface area is 240 Å². The fourth-order valence-corrected chi connectivity index (χ4v) is 4.64. The Balaban J connectivity index is 1.55. The number of rotatable bonds is 9. The molecule has 0 bridgehead atoms. The molecule has 5 aromatic rings. The van der Waals surface area contributed by atoms with Gasteiger partial charge in [-0.25, -0.2) is 14.8 Å². The van der Waals surface area contributed by atoms with Gasteiger partial charge in [0.25, 0.3) is 0 Å². The Hall–Kier alpha value is -5.41. The molecule has 0 aliphatic rings. The van der Waals surface area contributed by atoms with E-state index in [9.17, 15) is 24.9 Å². The van der Waals surface area contributed by atoms with Crippen molar-refractivity contribution in [2.45, 2.75) is 4.90 Å². The van der Waals surface area contributed by atoms with E-state index in [1.807, 2.05) is 0 Å². The second kappa shape index (κ2) is 12.0. The number of aromatic hydroxyl groups is 1. The fraction of sp³-hybridized carbons (Fsp3) is 0. The molecule has 0 saturated carbocycles. The average molecular weight is 586 g/mol. The van der Waals surface area contributed by atoms with Crippen molar-refractivity contribution in [1.82, 2.24) is 0 Å². The lowest BCUT2D eigenvalue weighted by molar-refractivity contribution is -0.432. The summed E-state index contributed by atoms with van der Waals surface area (Å²) < 4.78 is 4.58. The van der Waals surface area contributed by atoms with Gasteiger partial charge in [0.15, 0.2) is 5.75 Å². The number of aromatic carboxylic acids is 2. The van der Waals surface area contributed by atoms with Crippen LogP contribution in [-0.4, -0.2) is 32.5 Å². The number of carboxylic acids is 2. The molecule has 0 atom stereocenters. The molecule has 0 amide bonds. The van der Waals surface area contributed by atoms with Crippen LogP contribution in [0.25, 0.3) is 21.5 Å². The molecule has 14 heteroatoms. The molecule has 0 aromatic heterocycles. The smallest absolute Gasteiger partial charge is 0.335 e. The number of hydrogen-bond acceptors (Lipinski definition) is 12. The first-order valence-corrected chi connectivity index (χ1v) is 12.7. The van der Waals surface area contributed by atoms with Gasteiger partial charge in [0, 0.05) is 21.8 Å². The number of carbonyl (C=O) groups is 2. The van der Waals surface area contributed by atoms with Gasteiger partial charge in [0.1, 0.15) is 5.69 Å². The predicted molar refractivity (Wildman–Crippen MR) is 153 cm³/mol. The van der Waals surface area contributed by atoms with Crippen molar-refractivity contribution in [1.29, 1.82) is 0 Å². The number of phenols is 1. The lowest BCUT2D eigenvalue weighted by Crippen LogP contribution is -2.01. The van der Waals surface area contributed by atoms with Crippen LogP contribution >= 0.6 is 12.0 Å². The zero-order valence-electron chi connectivity index (χ0n) is 21.2. The third kappa shape index (κ3) is 5.86. The Morgan fingerprint density at radius 2 is 1.36 bits per heavy atom. The maximum atomic E-state index is 11.4. The number of hydrogen-bond donors (Lipinski definition) is 5. The van der Waals surface area contributed by atoms with E-state index in [4.69, 9.17) is 11.0 Å². The van der Waals surface area contributed by atoms with Gasteiger partial charge in [-0.2, -0.15) is 5.11 Å².